The molecule has 0 aromatic rings. The quantitative estimate of drug-likeness (QED) is 0.515. The van der Waals surface area contributed by atoms with Gasteiger partial charge < -0.3 is 15.2 Å². The van der Waals surface area contributed by atoms with E-state index >= 15 is 0 Å². The highest BCUT2D eigenvalue weighted by atomic mass is 16.5. The predicted octanol–water partition coefficient (Wildman–Crippen LogP) is -0.110. The van der Waals surface area contributed by atoms with Crippen molar-refractivity contribution >= 4 is 0 Å². The van der Waals surface area contributed by atoms with E-state index in [1.54, 1.807) is 0 Å². The molecule has 0 amide bonds. The van der Waals surface area contributed by atoms with Gasteiger partial charge in [-0.2, -0.15) is 0 Å². The van der Waals surface area contributed by atoms with Gasteiger partial charge in [0.2, 0.25) is 0 Å². The zero-order chi connectivity index (χ0) is 7.73. The fraction of sp³-hybridized carbons (Fsp3) is 1.00. The lowest BCUT2D eigenvalue weighted by Crippen LogP contribution is -2.48. The van der Waals surface area contributed by atoms with Gasteiger partial charge in [-0.1, -0.05) is 0 Å². The first kappa shape index (κ1) is 7.53. The molecule has 1 spiro atoms. The van der Waals surface area contributed by atoms with E-state index in [2.05, 4.69) is 5.32 Å². The van der Waals surface area contributed by atoms with E-state index in [0.29, 0.717) is 0 Å². The van der Waals surface area contributed by atoms with Gasteiger partial charge in [0.15, 0.2) is 0 Å². The van der Waals surface area contributed by atoms with Crippen molar-refractivity contribution in [2.75, 3.05) is 19.7 Å². The maximum absolute atomic E-state index is 9.65. The lowest BCUT2D eigenvalue weighted by molar-refractivity contribution is -0.0764. The number of nitrogens with one attached hydrogen (secondary N) is 1. The molecule has 2 heterocycles. The minimum atomic E-state index is -0.218. The van der Waals surface area contributed by atoms with Crippen molar-refractivity contribution < 1.29 is 9.84 Å². The fourth-order valence-electron chi connectivity index (χ4n) is 2.06. The van der Waals surface area contributed by atoms with Crippen LogP contribution in [0.2, 0.25) is 0 Å². The Morgan fingerprint density at radius 1 is 1.36 bits per heavy atom. The van der Waals surface area contributed by atoms with Crippen LogP contribution in [0, 0.1) is 0 Å². The molecule has 0 radical (unpaired) electrons. The summed E-state index contributed by atoms with van der Waals surface area (Å²) in [6, 6.07) is 0. The van der Waals surface area contributed by atoms with Gasteiger partial charge in [0.05, 0.1) is 18.3 Å². The number of hydrogen-bond donors (Lipinski definition) is 2. The molecular weight excluding hydrogens is 142 g/mol. The summed E-state index contributed by atoms with van der Waals surface area (Å²) in [5.74, 6) is 0. The molecule has 3 nitrogen and oxygen atoms in total. The predicted molar refractivity (Wildman–Crippen MR) is 41.4 cm³/mol. The lowest BCUT2D eigenvalue weighted by Gasteiger charge is -2.35. The lowest BCUT2D eigenvalue weighted by atomic mass is 9.87. The van der Waals surface area contributed by atoms with Gasteiger partial charge in [0, 0.05) is 0 Å². The maximum Gasteiger partial charge on any atom is 0.0965 e. The van der Waals surface area contributed by atoms with Crippen molar-refractivity contribution in [2.45, 2.75) is 31.0 Å². The molecule has 0 aromatic carbocycles. The largest absolute Gasteiger partial charge is 0.390 e. The standard InChI is InChI=1S/C8H15NO2/c10-7-1-6-11-8(7)2-4-9-5-3-8/h7,9-10H,1-6H2/t7-/m0/s1. The van der Waals surface area contributed by atoms with Crippen molar-refractivity contribution in [1.82, 2.24) is 5.32 Å². The third-order valence-electron chi connectivity index (χ3n) is 2.84. The molecule has 2 fully saturated rings. The van der Waals surface area contributed by atoms with Gasteiger partial charge in [0.25, 0.3) is 0 Å². The van der Waals surface area contributed by atoms with Crippen LogP contribution in [-0.4, -0.2) is 36.5 Å². The average Bonchev–Trinajstić information content (AvgIpc) is 2.36. The Labute approximate surface area is 66.7 Å². The Morgan fingerprint density at radius 3 is 2.64 bits per heavy atom. The molecule has 2 aliphatic rings. The first-order chi connectivity index (χ1) is 5.33. The maximum atomic E-state index is 9.65. The van der Waals surface area contributed by atoms with E-state index in [9.17, 15) is 5.11 Å². The summed E-state index contributed by atoms with van der Waals surface area (Å²) in [5, 5.41) is 12.9. The molecule has 0 bridgehead atoms. The van der Waals surface area contributed by atoms with Crippen LogP contribution in [-0.2, 0) is 4.74 Å². The van der Waals surface area contributed by atoms with Crippen molar-refractivity contribution in [3.63, 3.8) is 0 Å². The molecule has 2 rings (SSSR count). The molecule has 0 aromatic heterocycles. The molecule has 2 aliphatic heterocycles. The summed E-state index contributed by atoms with van der Waals surface area (Å²) in [4.78, 5) is 0. The zero-order valence-corrected chi connectivity index (χ0v) is 6.68. The SMILES string of the molecule is O[C@H]1CCOC12CCNCC2. The number of piperidine rings is 1. The van der Waals surface area contributed by atoms with E-state index in [1.807, 2.05) is 0 Å². The number of hydrogen-bond acceptors (Lipinski definition) is 3. The van der Waals surface area contributed by atoms with Gasteiger partial charge in [-0.25, -0.2) is 0 Å². The number of rotatable bonds is 0. The van der Waals surface area contributed by atoms with E-state index in [4.69, 9.17) is 4.74 Å². The number of aliphatic hydroxyl groups excluding tert-OH is 1. The summed E-state index contributed by atoms with van der Waals surface area (Å²) in [6.45, 7) is 2.70. The van der Waals surface area contributed by atoms with Crippen molar-refractivity contribution in [1.29, 1.82) is 0 Å². The Bertz CT molecular complexity index is 143. The van der Waals surface area contributed by atoms with Crippen molar-refractivity contribution in [2.24, 2.45) is 0 Å². The summed E-state index contributed by atoms with van der Waals surface area (Å²) >= 11 is 0. The van der Waals surface area contributed by atoms with Crippen LogP contribution >= 0.6 is 0 Å². The molecule has 2 N–H and O–H groups in total. The molecule has 0 saturated carbocycles. The molecule has 2 saturated heterocycles. The monoisotopic (exact) mass is 157 g/mol. The highest BCUT2D eigenvalue weighted by Gasteiger charge is 2.43. The third kappa shape index (κ3) is 1.17. The second-order valence-corrected chi connectivity index (χ2v) is 3.47. The Balaban J connectivity index is 2.06. The molecule has 0 unspecified atom stereocenters. The van der Waals surface area contributed by atoms with E-state index in [1.165, 1.54) is 0 Å². The molecule has 0 aliphatic carbocycles. The Hall–Kier alpha value is -0.120. The highest BCUT2D eigenvalue weighted by molar-refractivity contribution is 4.95. The molecule has 64 valence electrons. The number of aliphatic hydroxyl groups is 1. The van der Waals surface area contributed by atoms with Crippen molar-refractivity contribution in [3.05, 3.63) is 0 Å². The van der Waals surface area contributed by atoms with Crippen molar-refractivity contribution in [3.8, 4) is 0 Å². The molecule has 11 heavy (non-hydrogen) atoms. The van der Waals surface area contributed by atoms with Gasteiger partial charge in [-0.05, 0) is 32.4 Å². The fourth-order valence-corrected chi connectivity index (χ4v) is 2.06. The molecule has 3 heteroatoms. The number of ether oxygens (including phenoxy) is 1. The van der Waals surface area contributed by atoms with Crippen LogP contribution < -0.4 is 5.32 Å². The first-order valence-electron chi connectivity index (χ1n) is 4.36. The third-order valence-corrected chi connectivity index (χ3v) is 2.84. The average molecular weight is 157 g/mol. The van der Waals surface area contributed by atoms with Gasteiger partial charge in [-0.3, -0.25) is 0 Å². The van der Waals surface area contributed by atoms with Crippen LogP contribution in [0.15, 0.2) is 0 Å². The Morgan fingerprint density at radius 2 is 2.09 bits per heavy atom. The van der Waals surface area contributed by atoms with E-state index in [-0.39, 0.29) is 11.7 Å². The van der Waals surface area contributed by atoms with Crippen LogP contribution in [0.3, 0.4) is 0 Å². The smallest absolute Gasteiger partial charge is 0.0965 e. The second-order valence-electron chi connectivity index (χ2n) is 3.47. The van der Waals surface area contributed by atoms with Gasteiger partial charge in [-0.15, -0.1) is 0 Å². The summed E-state index contributed by atoms with van der Waals surface area (Å²) in [6.07, 6.45) is 2.53. The Kier molecular flexibility index (Phi) is 1.87. The van der Waals surface area contributed by atoms with Crippen LogP contribution in [0.5, 0.6) is 0 Å². The van der Waals surface area contributed by atoms with Crippen LogP contribution in [0.25, 0.3) is 0 Å². The van der Waals surface area contributed by atoms with Gasteiger partial charge in [0.1, 0.15) is 0 Å². The molecule has 1 atom stereocenters. The first-order valence-corrected chi connectivity index (χ1v) is 4.36. The molecular formula is C8H15NO2. The minimum Gasteiger partial charge on any atom is -0.390 e. The topological polar surface area (TPSA) is 41.5 Å². The highest BCUT2D eigenvalue weighted by Crippen LogP contribution is 2.33. The van der Waals surface area contributed by atoms with Crippen LogP contribution in [0.4, 0.5) is 0 Å². The summed E-state index contributed by atoms with van der Waals surface area (Å²) < 4.78 is 5.60. The van der Waals surface area contributed by atoms with Gasteiger partial charge >= 0.3 is 0 Å². The second kappa shape index (κ2) is 2.73. The summed E-state index contributed by atoms with van der Waals surface area (Å²) in [7, 11) is 0. The minimum absolute atomic E-state index is 0.175. The zero-order valence-electron chi connectivity index (χ0n) is 6.68. The van der Waals surface area contributed by atoms with Crippen LogP contribution in [0.1, 0.15) is 19.3 Å². The summed E-state index contributed by atoms with van der Waals surface area (Å²) in [5.41, 5.74) is -0.175. The van der Waals surface area contributed by atoms with E-state index < -0.39 is 0 Å². The normalized spacial score (nSPS) is 36.3. The van der Waals surface area contributed by atoms with E-state index in [0.717, 1.165) is 39.0 Å².